The predicted octanol–water partition coefficient (Wildman–Crippen LogP) is 2.57. The van der Waals surface area contributed by atoms with Gasteiger partial charge in [0.1, 0.15) is 0 Å². The summed E-state index contributed by atoms with van der Waals surface area (Å²) in [6, 6.07) is 6.47. The first-order valence-corrected chi connectivity index (χ1v) is 6.66. The summed E-state index contributed by atoms with van der Waals surface area (Å²) >= 11 is 1.71. The van der Waals surface area contributed by atoms with Crippen LogP contribution < -0.4 is 5.32 Å². The topological polar surface area (TPSA) is 37.8 Å². The van der Waals surface area contributed by atoms with E-state index in [-0.39, 0.29) is 0 Å². The van der Waals surface area contributed by atoms with Crippen LogP contribution in [0.5, 0.6) is 0 Å². The molecule has 2 aromatic heterocycles. The Hall–Kier alpha value is -1.26. The Labute approximate surface area is 106 Å². The van der Waals surface area contributed by atoms with Crippen molar-refractivity contribution in [1.82, 2.24) is 15.3 Å². The quantitative estimate of drug-likeness (QED) is 0.882. The molecule has 0 unspecified atom stereocenters. The highest BCUT2D eigenvalue weighted by atomic mass is 32.1. The third kappa shape index (κ3) is 3.61. The molecule has 4 heteroatoms. The maximum absolute atomic E-state index is 4.33. The molecule has 17 heavy (non-hydrogen) atoms. The molecule has 3 nitrogen and oxygen atoms in total. The minimum Gasteiger partial charge on any atom is -0.309 e. The zero-order valence-corrected chi connectivity index (χ0v) is 11.0. The van der Waals surface area contributed by atoms with Crippen LogP contribution in [0, 0.1) is 6.92 Å². The van der Waals surface area contributed by atoms with E-state index in [2.05, 4.69) is 35.2 Å². The lowest BCUT2D eigenvalue weighted by Gasteiger charge is -2.12. The van der Waals surface area contributed by atoms with Crippen molar-refractivity contribution in [1.29, 1.82) is 0 Å². The van der Waals surface area contributed by atoms with E-state index < -0.39 is 0 Å². The number of aryl methyl sites for hydroxylation is 1. The molecule has 0 amide bonds. The summed E-state index contributed by atoms with van der Waals surface area (Å²) in [5, 5.41) is 3.50. The van der Waals surface area contributed by atoms with Crippen molar-refractivity contribution in [3.05, 3.63) is 46.2 Å². The Morgan fingerprint density at radius 1 is 1.35 bits per heavy atom. The van der Waals surface area contributed by atoms with Gasteiger partial charge in [-0.05, 0) is 26.0 Å². The molecule has 0 bridgehead atoms. The molecule has 90 valence electrons. The molecule has 0 saturated carbocycles. The lowest BCUT2D eigenvalue weighted by atomic mass is 10.1. The zero-order valence-electron chi connectivity index (χ0n) is 10.2. The average Bonchev–Trinajstić information content (AvgIpc) is 2.74. The van der Waals surface area contributed by atoms with Crippen molar-refractivity contribution in [2.45, 2.75) is 32.9 Å². The second kappa shape index (κ2) is 5.89. The van der Waals surface area contributed by atoms with Gasteiger partial charge < -0.3 is 5.32 Å². The van der Waals surface area contributed by atoms with Crippen LogP contribution >= 0.6 is 11.3 Å². The van der Waals surface area contributed by atoms with Crippen LogP contribution in [0.4, 0.5) is 0 Å². The molecule has 0 saturated heterocycles. The molecule has 0 radical (unpaired) electrons. The number of pyridine rings is 1. The predicted molar refractivity (Wildman–Crippen MR) is 71.1 cm³/mol. The Balaban J connectivity index is 1.82. The molecular formula is C13H17N3S. The summed E-state index contributed by atoms with van der Waals surface area (Å²) in [5.41, 5.74) is 4.16. The highest BCUT2D eigenvalue weighted by Crippen LogP contribution is 2.11. The van der Waals surface area contributed by atoms with Crippen LogP contribution in [-0.4, -0.2) is 16.0 Å². The Bertz CT molecular complexity index is 453. The minimum absolute atomic E-state index is 0.423. The molecular weight excluding hydrogens is 230 g/mol. The number of aromatic nitrogens is 2. The van der Waals surface area contributed by atoms with Crippen molar-refractivity contribution in [3.63, 3.8) is 0 Å². The third-order valence-electron chi connectivity index (χ3n) is 2.70. The smallest absolute Gasteiger partial charge is 0.0798 e. The van der Waals surface area contributed by atoms with E-state index >= 15 is 0 Å². The second-order valence-corrected chi connectivity index (χ2v) is 5.11. The van der Waals surface area contributed by atoms with Gasteiger partial charge in [0.25, 0.3) is 0 Å². The largest absolute Gasteiger partial charge is 0.309 e. The van der Waals surface area contributed by atoms with E-state index in [1.165, 1.54) is 4.88 Å². The first-order chi connectivity index (χ1) is 8.25. The van der Waals surface area contributed by atoms with E-state index in [1.807, 2.05) is 23.8 Å². The first kappa shape index (κ1) is 12.2. The van der Waals surface area contributed by atoms with E-state index in [0.717, 1.165) is 24.4 Å². The fourth-order valence-electron chi connectivity index (χ4n) is 1.67. The minimum atomic E-state index is 0.423. The summed E-state index contributed by atoms with van der Waals surface area (Å²) in [6.45, 7) is 5.13. The van der Waals surface area contributed by atoms with Crippen molar-refractivity contribution in [3.8, 4) is 0 Å². The van der Waals surface area contributed by atoms with Crippen molar-refractivity contribution in [2.75, 3.05) is 0 Å². The zero-order chi connectivity index (χ0) is 12.1. The normalized spacial score (nSPS) is 12.6. The molecule has 0 aliphatic carbocycles. The SMILES string of the molecule is Cc1ncsc1CN[C@@H](C)Cc1ccccn1. The monoisotopic (exact) mass is 247 g/mol. The first-order valence-electron chi connectivity index (χ1n) is 5.78. The fourth-order valence-corrected chi connectivity index (χ4v) is 2.40. The van der Waals surface area contributed by atoms with Gasteiger partial charge in [0.2, 0.25) is 0 Å². The van der Waals surface area contributed by atoms with E-state index in [9.17, 15) is 0 Å². The molecule has 2 heterocycles. The van der Waals surface area contributed by atoms with E-state index in [0.29, 0.717) is 6.04 Å². The Kier molecular flexibility index (Phi) is 4.23. The standard InChI is InChI=1S/C13H17N3S/c1-10(7-12-5-3-4-6-14-12)15-8-13-11(2)16-9-17-13/h3-6,9-10,15H,7-8H2,1-2H3/t10-/m0/s1. The van der Waals surface area contributed by atoms with Gasteiger partial charge in [-0.15, -0.1) is 11.3 Å². The van der Waals surface area contributed by atoms with Crippen LogP contribution in [-0.2, 0) is 13.0 Å². The molecule has 0 fully saturated rings. The van der Waals surface area contributed by atoms with Gasteiger partial charge in [0.15, 0.2) is 0 Å². The number of hydrogen-bond acceptors (Lipinski definition) is 4. The number of hydrogen-bond donors (Lipinski definition) is 1. The van der Waals surface area contributed by atoms with E-state index in [4.69, 9.17) is 0 Å². The highest BCUT2D eigenvalue weighted by molar-refractivity contribution is 7.09. The summed E-state index contributed by atoms with van der Waals surface area (Å²) in [5.74, 6) is 0. The molecule has 0 aliphatic rings. The van der Waals surface area contributed by atoms with Crippen molar-refractivity contribution in [2.24, 2.45) is 0 Å². The van der Waals surface area contributed by atoms with Gasteiger partial charge in [-0.3, -0.25) is 4.98 Å². The average molecular weight is 247 g/mol. The van der Waals surface area contributed by atoms with Gasteiger partial charge in [-0.25, -0.2) is 4.98 Å². The summed E-state index contributed by atoms with van der Waals surface area (Å²) in [4.78, 5) is 9.89. The van der Waals surface area contributed by atoms with Gasteiger partial charge in [-0.2, -0.15) is 0 Å². The molecule has 1 atom stereocenters. The molecule has 2 aromatic rings. The molecule has 2 rings (SSSR count). The van der Waals surface area contributed by atoms with Crippen LogP contribution in [0.3, 0.4) is 0 Å². The van der Waals surface area contributed by atoms with Crippen LogP contribution in [0.25, 0.3) is 0 Å². The number of thiazole rings is 1. The van der Waals surface area contributed by atoms with Gasteiger partial charge in [0, 0.05) is 35.8 Å². The summed E-state index contributed by atoms with van der Waals surface area (Å²) in [6.07, 6.45) is 2.80. The highest BCUT2D eigenvalue weighted by Gasteiger charge is 2.06. The third-order valence-corrected chi connectivity index (χ3v) is 3.63. The molecule has 1 N–H and O–H groups in total. The molecule has 0 aliphatic heterocycles. The van der Waals surface area contributed by atoms with Gasteiger partial charge in [0.05, 0.1) is 11.2 Å². The lowest BCUT2D eigenvalue weighted by Crippen LogP contribution is -2.27. The van der Waals surface area contributed by atoms with Crippen LogP contribution in [0.1, 0.15) is 23.2 Å². The maximum Gasteiger partial charge on any atom is 0.0798 e. The van der Waals surface area contributed by atoms with E-state index in [1.54, 1.807) is 11.3 Å². The van der Waals surface area contributed by atoms with Crippen LogP contribution in [0.15, 0.2) is 29.9 Å². The van der Waals surface area contributed by atoms with Crippen molar-refractivity contribution < 1.29 is 0 Å². The number of nitrogens with one attached hydrogen (secondary N) is 1. The number of nitrogens with zero attached hydrogens (tertiary/aromatic N) is 2. The Morgan fingerprint density at radius 2 is 2.24 bits per heavy atom. The lowest BCUT2D eigenvalue weighted by molar-refractivity contribution is 0.542. The molecule has 0 spiro atoms. The summed E-state index contributed by atoms with van der Waals surface area (Å²) < 4.78 is 0. The summed E-state index contributed by atoms with van der Waals surface area (Å²) in [7, 11) is 0. The number of rotatable bonds is 5. The fraction of sp³-hybridized carbons (Fsp3) is 0.385. The van der Waals surface area contributed by atoms with Gasteiger partial charge in [-0.1, -0.05) is 6.07 Å². The van der Waals surface area contributed by atoms with Crippen molar-refractivity contribution >= 4 is 11.3 Å². The second-order valence-electron chi connectivity index (χ2n) is 4.17. The van der Waals surface area contributed by atoms with Crippen LogP contribution in [0.2, 0.25) is 0 Å². The maximum atomic E-state index is 4.33. The van der Waals surface area contributed by atoms with Gasteiger partial charge >= 0.3 is 0 Å². The Morgan fingerprint density at radius 3 is 2.88 bits per heavy atom. The molecule has 0 aromatic carbocycles.